The van der Waals surface area contributed by atoms with E-state index in [0.717, 1.165) is 27.7 Å². The highest BCUT2D eigenvalue weighted by Crippen LogP contribution is 2.37. The number of nitrogens with one attached hydrogen (secondary N) is 6. The fourth-order valence-electron chi connectivity index (χ4n) is 8.77. The van der Waals surface area contributed by atoms with Crippen LogP contribution in [-0.2, 0) is 85.6 Å². The fourth-order valence-corrected chi connectivity index (χ4v) is 9.24. The first-order valence-corrected chi connectivity index (χ1v) is 28.4. The highest BCUT2D eigenvalue weighted by molar-refractivity contribution is 6.21. The summed E-state index contributed by atoms with van der Waals surface area (Å²) in [5, 5.41) is 14.5. The zero-order valence-electron chi connectivity index (χ0n) is 52.3. The Bertz CT molecular complexity index is 2330. The molecule has 3 rings (SSSR count). The molecule has 0 bridgehead atoms. The van der Waals surface area contributed by atoms with Crippen LogP contribution in [0.15, 0.2) is 0 Å². The molecule has 6 N–H and O–H groups in total. The van der Waals surface area contributed by atoms with Crippen LogP contribution in [0.5, 0.6) is 0 Å². The van der Waals surface area contributed by atoms with E-state index in [2.05, 4.69) is 31.9 Å². The predicted octanol–water partition coefficient (Wildman–Crippen LogP) is 4.96. The standard InChI is InChI=1S/C55H91ClN6O23/c1-27(63)73-26-36-41(75-29(3)65)38(62-50(72)85-55(17,18)19)42(76-30(4)66)45(78-36)80-39-33(59-43(67)35(74-28(2)64)22-23-57-46(68)81-51(5,6)7)24-34(61-49(71)84-54(14,15)16)40(37(39)56)79-44-32(60-48(70)83-53(11,12)13)21-20-31(77-44)25-58-47(69)82-52(8,9)10/h31-42,44-45H,20-26H2,1-19H3,(H,57,68)(H,58,69)(H,59,67)(H,60,70)(H,61,71)(H,62,72)/t31?,32?,33-,34-,35+,36?,37?,38+,39+,40?,41-,42?,44-,45-/m1/s1. The van der Waals surface area contributed by atoms with E-state index >= 15 is 0 Å². The minimum atomic E-state index is -1.93. The van der Waals surface area contributed by atoms with Gasteiger partial charge in [-0.2, -0.15) is 0 Å². The topological polar surface area (TPSA) is 363 Å². The maximum atomic E-state index is 14.7. The molecule has 3 aliphatic rings. The Kier molecular flexibility index (Phi) is 26.6. The van der Waals surface area contributed by atoms with Crippen LogP contribution in [0.2, 0.25) is 0 Å². The van der Waals surface area contributed by atoms with Crippen molar-refractivity contribution in [2.45, 2.75) is 270 Å². The van der Waals surface area contributed by atoms with Crippen molar-refractivity contribution >= 4 is 71.9 Å². The van der Waals surface area contributed by atoms with Crippen LogP contribution in [-0.4, -0.2) is 193 Å². The zero-order valence-corrected chi connectivity index (χ0v) is 53.1. The Morgan fingerprint density at radius 1 is 0.494 bits per heavy atom. The molecule has 0 aromatic heterocycles. The van der Waals surface area contributed by atoms with E-state index in [-0.39, 0.29) is 32.4 Å². The van der Waals surface area contributed by atoms with Crippen molar-refractivity contribution in [3.05, 3.63) is 0 Å². The molecular formula is C55H91ClN6O23. The number of esters is 4. The lowest BCUT2D eigenvalue weighted by Gasteiger charge is -2.50. The van der Waals surface area contributed by atoms with Gasteiger partial charge in [0.25, 0.3) is 5.91 Å². The van der Waals surface area contributed by atoms with Crippen LogP contribution < -0.4 is 31.9 Å². The Balaban J connectivity index is 2.37. The van der Waals surface area contributed by atoms with E-state index in [1.165, 1.54) is 0 Å². The van der Waals surface area contributed by atoms with Crippen molar-refractivity contribution in [2.75, 3.05) is 19.7 Å². The molecule has 6 unspecified atom stereocenters. The molecule has 30 heteroatoms. The summed E-state index contributed by atoms with van der Waals surface area (Å²) in [6.45, 7) is 27.6. The molecule has 14 atom stereocenters. The number of ether oxygens (including phenoxy) is 13. The summed E-state index contributed by atoms with van der Waals surface area (Å²) in [6.07, 6.45) is -18.9. The number of rotatable bonds is 19. The number of hydrogen-bond donors (Lipinski definition) is 6. The number of alkyl carbamates (subject to hydrolysis) is 5. The fraction of sp³-hybridized carbons (Fsp3) is 0.818. The monoisotopic (exact) mass is 1240 g/mol. The third-order valence-corrected chi connectivity index (χ3v) is 12.1. The lowest BCUT2D eigenvalue weighted by Crippen LogP contribution is -2.70. The summed E-state index contributed by atoms with van der Waals surface area (Å²) in [6, 6.07) is -5.42. The second-order valence-corrected chi connectivity index (χ2v) is 26.1. The smallest absolute Gasteiger partial charge is 0.408 e. The number of hydrogen-bond acceptors (Lipinski definition) is 23. The van der Waals surface area contributed by atoms with Crippen molar-refractivity contribution in [3.63, 3.8) is 0 Å². The lowest BCUT2D eigenvalue weighted by atomic mass is 9.84. The van der Waals surface area contributed by atoms with Gasteiger partial charge in [-0.25, -0.2) is 24.0 Å². The Morgan fingerprint density at radius 3 is 1.42 bits per heavy atom. The zero-order chi connectivity index (χ0) is 64.7. The van der Waals surface area contributed by atoms with E-state index in [9.17, 15) is 47.9 Å². The molecule has 1 saturated carbocycles. The van der Waals surface area contributed by atoms with E-state index < -0.39 is 186 Å². The normalized spacial score (nSPS) is 26.7. The van der Waals surface area contributed by atoms with Crippen molar-refractivity contribution in [3.8, 4) is 0 Å². The molecule has 2 heterocycles. The molecule has 85 heavy (non-hydrogen) atoms. The van der Waals surface area contributed by atoms with Gasteiger partial charge in [0, 0.05) is 47.2 Å². The van der Waals surface area contributed by atoms with Gasteiger partial charge in [0.05, 0.1) is 29.6 Å². The van der Waals surface area contributed by atoms with Gasteiger partial charge in [0.1, 0.15) is 59.0 Å². The second-order valence-electron chi connectivity index (χ2n) is 25.6. The summed E-state index contributed by atoms with van der Waals surface area (Å²) >= 11 is 7.66. The van der Waals surface area contributed by atoms with Crippen LogP contribution in [0.3, 0.4) is 0 Å². The third-order valence-electron chi connectivity index (χ3n) is 11.6. The Hall–Kier alpha value is -6.17. The molecular weight excluding hydrogens is 1150 g/mol. The van der Waals surface area contributed by atoms with Gasteiger partial charge in [-0.3, -0.25) is 24.0 Å². The molecule has 0 radical (unpaired) electrons. The molecule has 29 nitrogen and oxygen atoms in total. The van der Waals surface area contributed by atoms with Gasteiger partial charge in [0.15, 0.2) is 30.9 Å². The van der Waals surface area contributed by atoms with Crippen molar-refractivity contribution in [1.29, 1.82) is 0 Å². The molecule has 3 fully saturated rings. The summed E-state index contributed by atoms with van der Waals surface area (Å²) in [5.41, 5.74) is -4.89. The molecule has 0 spiro atoms. The second kappa shape index (κ2) is 31.0. The van der Waals surface area contributed by atoms with E-state index in [4.69, 9.17) is 73.2 Å². The summed E-state index contributed by atoms with van der Waals surface area (Å²) in [5.74, 6) is -4.57. The van der Waals surface area contributed by atoms with Crippen LogP contribution in [0.4, 0.5) is 24.0 Å². The molecule has 6 amide bonds. The average Bonchev–Trinajstić information content (AvgIpc) is 1.40. The maximum Gasteiger partial charge on any atom is 0.408 e. The molecule has 0 aromatic rings. The van der Waals surface area contributed by atoms with Gasteiger partial charge in [0.2, 0.25) is 0 Å². The first kappa shape index (κ1) is 73.1. The molecule has 2 saturated heterocycles. The van der Waals surface area contributed by atoms with Crippen LogP contribution in [0, 0.1) is 0 Å². The van der Waals surface area contributed by atoms with Crippen molar-refractivity contribution < 1.29 is 110 Å². The average molecular weight is 1240 g/mol. The Labute approximate surface area is 501 Å². The number of carbonyl (C=O) groups excluding carboxylic acids is 10. The number of alkyl halides is 1. The molecule has 1 aliphatic carbocycles. The van der Waals surface area contributed by atoms with Crippen LogP contribution >= 0.6 is 11.6 Å². The van der Waals surface area contributed by atoms with Crippen molar-refractivity contribution in [2.24, 2.45) is 0 Å². The maximum absolute atomic E-state index is 14.7. The van der Waals surface area contributed by atoms with Gasteiger partial charge in [-0.1, -0.05) is 0 Å². The van der Waals surface area contributed by atoms with E-state index in [1.807, 2.05) is 0 Å². The minimum absolute atomic E-state index is 0.114. The number of carbonyl (C=O) groups is 10. The van der Waals surface area contributed by atoms with E-state index in [1.54, 1.807) is 104 Å². The number of amides is 6. The lowest BCUT2D eigenvalue weighted by molar-refractivity contribution is -0.305. The van der Waals surface area contributed by atoms with Crippen molar-refractivity contribution in [1.82, 2.24) is 31.9 Å². The van der Waals surface area contributed by atoms with Gasteiger partial charge < -0.3 is 93.5 Å². The van der Waals surface area contributed by atoms with Gasteiger partial charge in [-0.05, 0) is 123 Å². The SMILES string of the molecule is CC(=O)OCC1O[C@H](O[C@@H]2C(Cl)C(O[C@H]3OC(CNC(=O)OC(C)(C)C)CCC3NC(=O)OC(C)(C)C)[C@H](NC(=O)OC(C)(C)C)C[C@H]2NC(=O)[C@H](CCNC(=O)OC(C)(C)C)OC(C)=O)C(OC(C)=O)[C@@H](NC(=O)OC(C)(C)C)[C@@H]1OC(C)=O. The van der Waals surface area contributed by atoms with E-state index in [0.29, 0.717) is 0 Å². The van der Waals surface area contributed by atoms with Gasteiger partial charge >= 0.3 is 54.3 Å². The first-order valence-electron chi connectivity index (χ1n) is 28.0. The highest BCUT2D eigenvalue weighted by atomic mass is 35.5. The third kappa shape index (κ3) is 27.4. The minimum Gasteiger partial charge on any atom is -0.463 e. The predicted molar refractivity (Wildman–Crippen MR) is 298 cm³/mol. The molecule has 0 aromatic carbocycles. The first-order chi connectivity index (χ1) is 38.9. The summed E-state index contributed by atoms with van der Waals surface area (Å²) in [7, 11) is 0. The molecule has 486 valence electrons. The summed E-state index contributed by atoms with van der Waals surface area (Å²) < 4.78 is 76.4. The number of halogens is 1. The summed E-state index contributed by atoms with van der Waals surface area (Å²) in [4.78, 5) is 132. The quantitative estimate of drug-likeness (QED) is 0.0565. The van der Waals surface area contributed by atoms with Gasteiger partial charge in [-0.15, -0.1) is 11.6 Å². The Morgan fingerprint density at radius 2 is 0.941 bits per heavy atom. The molecule has 2 aliphatic heterocycles. The van der Waals surface area contributed by atoms with Crippen LogP contribution in [0.1, 0.15) is 157 Å². The highest BCUT2D eigenvalue weighted by Gasteiger charge is 2.56. The van der Waals surface area contributed by atoms with Crippen LogP contribution in [0.25, 0.3) is 0 Å². The largest absolute Gasteiger partial charge is 0.463 e.